The van der Waals surface area contributed by atoms with Crippen molar-refractivity contribution in [3.05, 3.63) is 60.2 Å². The van der Waals surface area contributed by atoms with Gasteiger partial charge in [-0.15, -0.1) is 0 Å². The van der Waals surface area contributed by atoms with Crippen molar-refractivity contribution >= 4 is 5.65 Å². The molecule has 4 heteroatoms. The fourth-order valence-corrected chi connectivity index (χ4v) is 2.02. The van der Waals surface area contributed by atoms with Crippen LogP contribution in [0.25, 0.3) is 16.9 Å². The molecular formula is C14H12FN3. The van der Waals surface area contributed by atoms with Crippen LogP contribution in [-0.4, -0.2) is 9.38 Å². The lowest BCUT2D eigenvalue weighted by Gasteiger charge is -1.98. The molecule has 2 N–H and O–H groups in total. The SMILES string of the molecule is NCc1cccn2cc(-c3cccc(F)c3)nc12. The number of imidazole rings is 1. The summed E-state index contributed by atoms with van der Waals surface area (Å²) in [6, 6.07) is 10.3. The first-order chi connectivity index (χ1) is 8.78. The molecule has 3 rings (SSSR count). The molecule has 2 aromatic heterocycles. The van der Waals surface area contributed by atoms with Crippen molar-refractivity contribution in [1.29, 1.82) is 0 Å². The molecule has 0 unspecified atom stereocenters. The summed E-state index contributed by atoms with van der Waals surface area (Å²) in [5.41, 5.74) is 8.98. The first-order valence-corrected chi connectivity index (χ1v) is 5.70. The summed E-state index contributed by atoms with van der Waals surface area (Å²) in [6.45, 7) is 0.434. The first-order valence-electron chi connectivity index (χ1n) is 5.70. The molecule has 0 amide bonds. The van der Waals surface area contributed by atoms with E-state index in [4.69, 9.17) is 5.73 Å². The zero-order valence-corrected chi connectivity index (χ0v) is 9.68. The molecule has 0 saturated heterocycles. The fraction of sp³-hybridized carbons (Fsp3) is 0.0714. The minimum Gasteiger partial charge on any atom is -0.326 e. The average Bonchev–Trinajstić information content (AvgIpc) is 2.82. The summed E-state index contributed by atoms with van der Waals surface area (Å²) in [6.07, 6.45) is 3.79. The monoisotopic (exact) mass is 241 g/mol. The zero-order chi connectivity index (χ0) is 12.5. The third-order valence-corrected chi connectivity index (χ3v) is 2.90. The summed E-state index contributed by atoms with van der Waals surface area (Å²) in [5, 5.41) is 0. The summed E-state index contributed by atoms with van der Waals surface area (Å²) in [5.74, 6) is -0.261. The second kappa shape index (κ2) is 4.23. The van der Waals surface area contributed by atoms with Crippen LogP contribution in [0.4, 0.5) is 4.39 Å². The van der Waals surface area contributed by atoms with Crippen molar-refractivity contribution in [2.45, 2.75) is 6.54 Å². The van der Waals surface area contributed by atoms with Gasteiger partial charge in [0.25, 0.3) is 0 Å². The molecule has 1 aromatic carbocycles. The van der Waals surface area contributed by atoms with Crippen LogP contribution in [0.3, 0.4) is 0 Å². The first kappa shape index (κ1) is 10.9. The van der Waals surface area contributed by atoms with E-state index < -0.39 is 0 Å². The third kappa shape index (κ3) is 1.76. The predicted molar refractivity (Wildman–Crippen MR) is 68.5 cm³/mol. The Kier molecular flexibility index (Phi) is 2.57. The highest BCUT2D eigenvalue weighted by molar-refractivity contribution is 5.64. The Bertz CT molecular complexity index is 703. The van der Waals surface area contributed by atoms with Gasteiger partial charge in [-0.25, -0.2) is 9.37 Å². The van der Waals surface area contributed by atoms with Gasteiger partial charge in [-0.2, -0.15) is 0 Å². The minimum absolute atomic E-state index is 0.261. The zero-order valence-electron chi connectivity index (χ0n) is 9.68. The highest BCUT2D eigenvalue weighted by Crippen LogP contribution is 2.21. The van der Waals surface area contributed by atoms with E-state index in [1.165, 1.54) is 12.1 Å². The van der Waals surface area contributed by atoms with Gasteiger partial charge in [0, 0.05) is 30.1 Å². The van der Waals surface area contributed by atoms with Crippen LogP contribution in [0.5, 0.6) is 0 Å². The van der Waals surface area contributed by atoms with E-state index in [2.05, 4.69) is 4.98 Å². The lowest BCUT2D eigenvalue weighted by Crippen LogP contribution is -1.99. The molecule has 3 aromatic rings. The molecule has 0 aliphatic carbocycles. The molecule has 2 heterocycles. The standard InChI is InChI=1S/C14H12FN3/c15-12-5-1-3-10(7-12)13-9-18-6-2-4-11(8-16)14(18)17-13/h1-7,9H,8,16H2. The molecule has 3 nitrogen and oxygen atoms in total. The molecule has 0 radical (unpaired) electrons. The van der Waals surface area contributed by atoms with Crippen molar-refractivity contribution in [2.75, 3.05) is 0 Å². The summed E-state index contributed by atoms with van der Waals surface area (Å²) in [4.78, 5) is 4.51. The Morgan fingerprint density at radius 2 is 2.11 bits per heavy atom. The Morgan fingerprint density at radius 3 is 2.89 bits per heavy atom. The lowest BCUT2D eigenvalue weighted by atomic mass is 10.2. The maximum Gasteiger partial charge on any atom is 0.141 e. The molecule has 0 aliphatic rings. The molecule has 18 heavy (non-hydrogen) atoms. The van der Waals surface area contributed by atoms with Crippen molar-refractivity contribution in [1.82, 2.24) is 9.38 Å². The average molecular weight is 241 g/mol. The van der Waals surface area contributed by atoms with Gasteiger partial charge < -0.3 is 10.1 Å². The number of pyridine rings is 1. The molecular weight excluding hydrogens is 229 g/mol. The van der Waals surface area contributed by atoms with Crippen LogP contribution in [0.15, 0.2) is 48.8 Å². The maximum absolute atomic E-state index is 13.2. The third-order valence-electron chi connectivity index (χ3n) is 2.90. The highest BCUT2D eigenvalue weighted by atomic mass is 19.1. The second-order valence-electron chi connectivity index (χ2n) is 4.10. The highest BCUT2D eigenvalue weighted by Gasteiger charge is 2.07. The maximum atomic E-state index is 13.2. The van der Waals surface area contributed by atoms with Gasteiger partial charge in [-0.3, -0.25) is 0 Å². The van der Waals surface area contributed by atoms with Crippen molar-refractivity contribution in [3.63, 3.8) is 0 Å². The molecule has 0 spiro atoms. The number of hydrogen-bond acceptors (Lipinski definition) is 2. The number of benzene rings is 1. The number of rotatable bonds is 2. The van der Waals surface area contributed by atoms with E-state index in [0.29, 0.717) is 6.54 Å². The van der Waals surface area contributed by atoms with Crippen LogP contribution in [0.1, 0.15) is 5.56 Å². The molecule has 0 saturated carbocycles. The summed E-state index contributed by atoms with van der Waals surface area (Å²) in [7, 11) is 0. The topological polar surface area (TPSA) is 43.3 Å². The lowest BCUT2D eigenvalue weighted by molar-refractivity contribution is 0.628. The Morgan fingerprint density at radius 1 is 1.22 bits per heavy atom. The summed E-state index contributed by atoms with van der Waals surface area (Å²) < 4.78 is 15.1. The van der Waals surface area contributed by atoms with Crippen LogP contribution >= 0.6 is 0 Å². The van der Waals surface area contributed by atoms with Crippen LogP contribution in [0.2, 0.25) is 0 Å². The Balaban J connectivity index is 2.19. The fourth-order valence-electron chi connectivity index (χ4n) is 2.02. The minimum atomic E-state index is -0.261. The summed E-state index contributed by atoms with van der Waals surface area (Å²) >= 11 is 0. The predicted octanol–water partition coefficient (Wildman–Crippen LogP) is 2.60. The molecule has 0 fully saturated rings. The van der Waals surface area contributed by atoms with Gasteiger partial charge in [0.15, 0.2) is 0 Å². The van der Waals surface area contributed by atoms with E-state index in [0.717, 1.165) is 22.5 Å². The van der Waals surface area contributed by atoms with Gasteiger partial charge >= 0.3 is 0 Å². The van der Waals surface area contributed by atoms with Crippen molar-refractivity contribution in [3.8, 4) is 11.3 Å². The quantitative estimate of drug-likeness (QED) is 0.749. The van der Waals surface area contributed by atoms with Crippen LogP contribution < -0.4 is 5.73 Å². The number of halogens is 1. The van der Waals surface area contributed by atoms with Crippen LogP contribution in [-0.2, 0) is 6.54 Å². The molecule has 0 atom stereocenters. The Labute approximate surface area is 104 Å². The largest absolute Gasteiger partial charge is 0.326 e. The number of fused-ring (bicyclic) bond motifs is 1. The van der Waals surface area contributed by atoms with E-state index in [1.54, 1.807) is 6.07 Å². The van der Waals surface area contributed by atoms with E-state index in [9.17, 15) is 4.39 Å². The van der Waals surface area contributed by atoms with Crippen molar-refractivity contribution in [2.24, 2.45) is 5.73 Å². The molecule has 90 valence electrons. The second-order valence-corrected chi connectivity index (χ2v) is 4.10. The number of hydrogen-bond donors (Lipinski definition) is 1. The molecule has 0 aliphatic heterocycles. The van der Waals surface area contributed by atoms with Gasteiger partial charge in [0.1, 0.15) is 11.5 Å². The van der Waals surface area contributed by atoms with E-state index >= 15 is 0 Å². The number of nitrogens with two attached hydrogens (primary N) is 1. The van der Waals surface area contributed by atoms with Gasteiger partial charge in [-0.1, -0.05) is 18.2 Å². The van der Waals surface area contributed by atoms with E-state index in [-0.39, 0.29) is 5.82 Å². The Hall–Kier alpha value is -2.20. The van der Waals surface area contributed by atoms with Crippen LogP contribution in [0, 0.1) is 5.82 Å². The van der Waals surface area contributed by atoms with Gasteiger partial charge in [0.2, 0.25) is 0 Å². The van der Waals surface area contributed by atoms with E-state index in [1.807, 2.05) is 35.0 Å². The normalized spacial score (nSPS) is 11.0. The van der Waals surface area contributed by atoms with Gasteiger partial charge in [0.05, 0.1) is 5.69 Å². The van der Waals surface area contributed by atoms with Crippen molar-refractivity contribution < 1.29 is 4.39 Å². The smallest absolute Gasteiger partial charge is 0.141 e. The number of aromatic nitrogens is 2. The van der Waals surface area contributed by atoms with Gasteiger partial charge in [-0.05, 0) is 18.2 Å². The number of nitrogens with zero attached hydrogens (tertiary/aromatic N) is 2. The molecule has 0 bridgehead atoms.